The van der Waals surface area contributed by atoms with Crippen LogP contribution in [0.2, 0.25) is 0 Å². The van der Waals surface area contributed by atoms with Crippen molar-refractivity contribution >= 4 is 0 Å². The van der Waals surface area contributed by atoms with Crippen molar-refractivity contribution in [1.82, 2.24) is 0 Å². The highest BCUT2D eigenvalue weighted by molar-refractivity contribution is 5.38. The molecular formula is C15H19NO2. The molecule has 3 nitrogen and oxygen atoms in total. The second-order valence-corrected chi connectivity index (χ2v) is 4.56. The molecule has 0 aliphatic rings. The summed E-state index contributed by atoms with van der Waals surface area (Å²) in [6.45, 7) is 6.43. The number of nitrogens with two attached hydrogens (primary N) is 1. The van der Waals surface area contributed by atoms with Crippen LogP contribution >= 0.6 is 0 Å². The van der Waals surface area contributed by atoms with Gasteiger partial charge in [-0.15, -0.1) is 0 Å². The second kappa shape index (κ2) is 5.27. The Hall–Kier alpha value is -1.74. The van der Waals surface area contributed by atoms with Gasteiger partial charge in [-0.3, -0.25) is 0 Å². The third-order valence-corrected chi connectivity index (χ3v) is 3.10. The van der Waals surface area contributed by atoms with E-state index >= 15 is 0 Å². The quantitative estimate of drug-likeness (QED) is 0.899. The normalized spacial score (nSPS) is 12.4. The monoisotopic (exact) mass is 245 g/mol. The highest BCUT2D eigenvalue weighted by Gasteiger charge is 2.11. The van der Waals surface area contributed by atoms with E-state index in [-0.39, 0.29) is 6.04 Å². The van der Waals surface area contributed by atoms with Crippen LogP contribution in [0.1, 0.15) is 28.7 Å². The lowest BCUT2D eigenvalue weighted by molar-refractivity contribution is 0.269. The van der Waals surface area contributed by atoms with Crippen molar-refractivity contribution in [2.24, 2.45) is 5.73 Å². The predicted octanol–water partition coefficient (Wildman–Crippen LogP) is 3.28. The average Bonchev–Trinajstić information content (AvgIpc) is 2.77. The topological polar surface area (TPSA) is 48.4 Å². The van der Waals surface area contributed by atoms with Crippen molar-refractivity contribution in [1.29, 1.82) is 0 Å². The molecule has 0 spiro atoms. The van der Waals surface area contributed by atoms with Crippen LogP contribution in [0.5, 0.6) is 5.75 Å². The molecule has 0 saturated heterocycles. The summed E-state index contributed by atoms with van der Waals surface area (Å²) in [6, 6.07) is 9.58. The number of hydrogen-bond acceptors (Lipinski definition) is 3. The summed E-state index contributed by atoms with van der Waals surface area (Å²) in [5.41, 5.74) is 8.40. The van der Waals surface area contributed by atoms with Crippen LogP contribution in [0.4, 0.5) is 0 Å². The van der Waals surface area contributed by atoms with Gasteiger partial charge in [-0.05, 0) is 50.1 Å². The van der Waals surface area contributed by atoms with Crippen LogP contribution in [0.3, 0.4) is 0 Å². The van der Waals surface area contributed by atoms with Crippen LogP contribution < -0.4 is 10.5 Å². The van der Waals surface area contributed by atoms with E-state index in [1.54, 1.807) is 0 Å². The molecule has 1 heterocycles. The minimum absolute atomic E-state index is 0.237. The van der Waals surface area contributed by atoms with Crippen molar-refractivity contribution < 1.29 is 9.15 Å². The van der Waals surface area contributed by atoms with Gasteiger partial charge < -0.3 is 14.9 Å². The minimum Gasteiger partial charge on any atom is -0.491 e. The fraction of sp³-hybridized carbons (Fsp3) is 0.333. The zero-order valence-corrected chi connectivity index (χ0v) is 11.1. The Morgan fingerprint density at radius 3 is 2.61 bits per heavy atom. The van der Waals surface area contributed by atoms with Gasteiger partial charge in [0.05, 0.1) is 6.04 Å². The first kappa shape index (κ1) is 12.7. The lowest BCUT2D eigenvalue weighted by atomic mass is 10.1. The molecule has 2 aromatic rings. The SMILES string of the molecule is Cc1ccc(C(N)COc2cccc(C)c2C)o1. The first-order valence-electron chi connectivity index (χ1n) is 6.09. The lowest BCUT2D eigenvalue weighted by Gasteiger charge is -2.14. The molecule has 0 bridgehead atoms. The molecule has 0 saturated carbocycles. The molecule has 2 N–H and O–H groups in total. The number of aryl methyl sites for hydroxylation is 2. The molecular weight excluding hydrogens is 226 g/mol. The maximum atomic E-state index is 6.03. The summed E-state index contributed by atoms with van der Waals surface area (Å²) >= 11 is 0. The summed E-state index contributed by atoms with van der Waals surface area (Å²) in [6.07, 6.45) is 0. The minimum atomic E-state index is -0.237. The van der Waals surface area contributed by atoms with Crippen LogP contribution in [-0.4, -0.2) is 6.61 Å². The van der Waals surface area contributed by atoms with Crippen LogP contribution in [-0.2, 0) is 0 Å². The Kier molecular flexibility index (Phi) is 3.72. The summed E-state index contributed by atoms with van der Waals surface area (Å²) in [5, 5.41) is 0. The lowest BCUT2D eigenvalue weighted by Crippen LogP contribution is -2.18. The molecule has 0 amide bonds. The van der Waals surface area contributed by atoms with Gasteiger partial charge in [0.1, 0.15) is 23.9 Å². The number of rotatable bonds is 4. The van der Waals surface area contributed by atoms with Gasteiger partial charge in [-0.2, -0.15) is 0 Å². The van der Waals surface area contributed by atoms with E-state index in [4.69, 9.17) is 14.9 Å². The van der Waals surface area contributed by atoms with Gasteiger partial charge in [0, 0.05) is 0 Å². The Balaban J connectivity index is 2.01. The fourth-order valence-electron chi connectivity index (χ4n) is 1.79. The predicted molar refractivity (Wildman–Crippen MR) is 71.8 cm³/mol. The van der Waals surface area contributed by atoms with E-state index < -0.39 is 0 Å². The van der Waals surface area contributed by atoms with Crippen molar-refractivity contribution in [3.8, 4) is 5.75 Å². The van der Waals surface area contributed by atoms with Gasteiger partial charge in [0.25, 0.3) is 0 Å². The van der Waals surface area contributed by atoms with E-state index in [2.05, 4.69) is 13.0 Å². The molecule has 3 heteroatoms. The highest BCUT2D eigenvalue weighted by atomic mass is 16.5. The molecule has 0 radical (unpaired) electrons. The van der Waals surface area contributed by atoms with Crippen molar-refractivity contribution in [2.75, 3.05) is 6.61 Å². The standard InChI is InChI=1S/C15H19NO2/c1-10-5-4-6-14(12(10)3)17-9-13(16)15-8-7-11(2)18-15/h4-8,13H,9,16H2,1-3H3. The van der Waals surface area contributed by atoms with E-state index in [0.29, 0.717) is 6.61 Å². The summed E-state index contributed by atoms with van der Waals surface area (Å²) in [5.74, 6) is 2.51. The summed E-state index contributed by atoms with van der Waals surface area (Å²) < 4.78 is 11.2. The molecule has 1 atom stereocenters. The second-order valence-electron chi connectivity index (χ2n) is 4.56. The molecule has 0 aliphatic heterocycles. The zero-order chi connectivity index (χ0) is 13.1. The van der Waals surface area contributed by atoms with Gasteiger partial charge in [0.15, 0.2) is 0 Å². The van der Waals surface area contributed by atoms with E-state index in [1.165, 1.54) is 5.56 Å². The molecule has 96 valence electrons. The van der Waals surface area contributed by atoms with Crippen LogP contribution in [0.25, 0.3) is 0 Å². The van der Waals surface area contributed by atoms with Crippen LogP contribution in [0, 0.1) is 20.8 Å². The van der Waals surface area contributed by atoms with Gasteiger partial charge in [-0.25, -0.2) is 0 Å². The average molecular weight is 245 g/mol. The number of ether oxygens (including phenoxy) is 1. The molecule has 1 unspecified atom stereocenters. The maximum absolute atomic E-state index is 6.03. The van der Waals surface area contributed by atoms with Gasteiger partial charge >= 0.3 is 0 Å². The van der Waals surface area contributed by atoms with Gasteiger partial charge in [0.2, 0.25) is 0 Å². The van der Waals surface area contributed by atoms with E-state index in [9.17, 15) is 0 Å². The first-order valence-corrected chi connectivity index (χ1v) is 6.09. The molecule has 0 fully saturated rings. The molecule has 0 aliphatic carbocycles. The number of benzene rings is 1. The fourth-order valence-corrected chi connectivity index (χ4v) is 1.79. The third kappa shape index (κ3) is 2.74. The highest BCUT2D eigenvalue weighted by Crippen LogP contribution is 2.22. The Morgan fingerprint density at radius 1 is 1.17 bits per heavy atom. The molecule has 1 aromatic carbocycles. The zero-order valence-electron chi connectivity index (χ0n) is 11.1. The summed E-state index contributed by atoms with van der Waals surface area (Å²) in [4.78, 5) is 0. The van der Waals surface area contributed by atoms with Crippen molar-refractivity contribution in [3.63, 3.8) is 0 Å². The van der Waals surface area contributed by atoms with E-state index in [1.807, 2.05) is 38.1 Å². The van der Waals surface area contributed by atoms with Crippen molar-refractivity contribution in [2.45, 2.75) is 26.8 Å². The molecule has 1 aromatic heterocycles. The number of furan rings is 1. The van der Waals surface area contributed by atoms with E-state index in [0.717, 1.165) is 22.8 Å². The molecule has 2 rings (SSSR count). The van der Waals surface area contributed by atoms with Gasteiger partial charge in [-0.1, -0.05) is 12.1 Å². The Morgan fingerprint density at radius 2 is 1.94 bits per heavy atom. The third-order valence-electron chi connectivity index (χ3n) is 3.10. The first-order chi connectivity index (χ1) is 8.58. The maximum Gasteiger partial charge on any atom is 0.124 e. The smallest absolute Gasteiger partial charge is 0.124 e. The Bertz CT molecular complexity index is 531. The number of hydrogen-bond donors (Lipinski definition) is 1. The van der Waals surface area contributed by atoms with Crippen molar-refractivity contribution in [3.05, 3.63) is 53.0 Å². The summed E-state index contributed by atoms with van der Waals surface area (Å²) in [7, 11) is 0. The Labute approximate surface area is 108 Å². The largest absolute Gasteiger partial charge is 0.491 e. The van der Waals surface area contributed by atoms with Crippen LogP contribution in [0.15, 0.2) is 34.7 Å². The molecule has 18 heavy (non-hydrogen) atoms.